The van der Waals surface area contributed by atoms with Gasteiger partial charge in [0.2, 0.25) is 0 Å². The Hall–Kier alpha value is -0.610. The standard InChI is InChI=1S/C17H25ClN2O/c1-13-12-15(18)2-3-16(13)17(14-4-10-21-11-5-14)20-8-6-19-7-9-20/h2-3,12,14,17,19H,4-11H2,1H3/t17-/m0/s1. The zero-order valence-corrected chi connectivity index (χ0v) is 13.5. The van der Waals surface area contributed by atoms with Crippen molar-refractivity contribution in [1.82, 2.24) is 10.2 Å². The monoisotopic (exact) mass is 308 g/mol. The second-order valence-electron chi connectivity index (χ2n) is 6.18. The van der Waals surface area contributed by atoms with Crippen LogP contribution in [-0.2, 0) is 4.74 Å². The fourth-order valence-corrected chi connectivity index (χ4v) is 3.94. The van der Waals surface area contributed by atoms with E-state index in [0.717, 1.165) is 57.3 Å². The molecule has 1 N–H and O–H groups in total. The Balaban J connectivity index is 1.89. The van der Waals surface area contributed by atoms with E-state index in [9.17, 15) is 0 Å². The number of ether oxygens (including phenoxy) is 1. The van der Waals surface area contributed by atoms with Crippen molar-refractivity contribution in [3.63, 3.8) is 0 Å². The summed E-state index contributed by atoms with van der Waals surface area (Å²) < 4.78 is 5.57. The minimum absolute atomic E-state index is 0.508. The van der Waals surface area contributed by atoms with E-state index < -0.39 is 0 Å². The molecule has 0 unspecified atom stereocenters. The van der Waals surface area contributed by atoms with Gasteiger partial charge in [-0.05, 0) is 48.9 Å². The lowest BCUT2D eigenvalue weighted by molar-refractivity contribution is 0.0211. The van der Waals surface area contributed by atoms with E-state index in [1.807, 2.05) is 6.07 Å². The third kappa shape index (κ3) is 3.59. The van der Waals surface area contributed by atoms with E-state index in [1.165, 1.54) is 11.1 Å². The minimum Gasteiger partial charge on any atom is -0.381 e. The van der Waals surface area contributed by atoms with E-state index in [2.05, 4.69) is 29.3 Å². The molecule has 0 aliphatic carbocycles. The first kappa shape index (κ1) is 15.3. The van der Waals surface area contributed by atoms with Crippen molar-refractivity contribution in [3.8, 4) is 0 Å². The molecule has 2 aliphatic rings. The topological polar surface area (TPSA) is 24.5 Å². The van der Waals surface area contributed by atoms with Gasteiger partial charge in [0, 0.05) is 50.5 Å². The van der Waals surface area contributed by atoms with E-state index in [-0.39, 0.29) is 0 Å². The van der Waals surface area contributed by atoms with Gasteiger partial charge in [-0.3, -0.25) is 4.90 Å². The number of aryl methyl sites for hydroxylation is 1. The molecular weight excluding hydrogens is 284 g/mol. The van der Waals surface area contributed by atoms with Crippen LogP contribution in [0.3, 0.4) is 0 Å². The number of hydrogen-bond acceptors (Lipinski definition) is 3. The van der Waals surface area contributed by atoms with E-state index >= 15 is 0 Å². The number of nitrogens with one attached hydrogen (secondary N) is 1. The van der Waals surface area contributed by atoms with Gasteiger partial charge in [-0.25, -0.2) is 0 Å². The molecule has 1 aromatic carbocycles. The van der Waals surface area contributed by atoms with Crippen molar-refractivity contribution in [2.75, 3.05) is 39.4 Å². The first-order valence-electron chi connectivity index (χ1n) is 8.04. The maximum absolute atomic E-state index is 6.15. The summed E-state index contributed by atoms with van der Waals surface area (Å²) in [5.74, 6) is 0.691. The lowest BCUT2D eigenvalue weighted by Gasteiger charge is -2.41. The van der Waals surface area contributed by atoms with E-state index in [4.69, 9.17) is 16.3 Å². The normalized spacial score (nSPS) is 23.1. The number of halogens is 1. The van der Waals surface area contributed by atoms with Crippen LogP contribution in [0.25, 0.3) is 0 Å². The van der Waals surface area contributed by atoms with Crippen LogP contribution >= 0.6 is 11.6 Å². The smallest absolute Gasteiger partial charge is 0.0469 e. The minimum atomic E-state index is 0.508. The Kier molecular flexibility index (Phi) is 5.17. The Morgan fingerprint density at radius 1 is 1.24 bits per heavy atom. The second kappa shape index (κ2) is 7.10. The number of rotatable bonds is 3. The number of piperazine rings is 1. The van der Waals surface area contributed by atoms with Crippen LogP contribution in [0.1, 0.15) is 30.0 Å². The first-order chi connectivity index (χ1) is 10.3. The lowest BCUT2D eigenvalue weighted by Crippen LogP contribution is -2.47. The van der Waals surface area contributed by atoms with Gasteiger partial charge in [0.25, 0.3) is 0 Å². The molecule has 0 aromatic heterocycles. The molecule has 1 aromatic rings. The lowest BCUT2D eigenvalue weighted by atomic mass is 9.84. The number of hydrogen-bond donors (Lipinski definition) is 1. The predicted octanol–water partition coefficient (Wildman–Crippen LogP) is 3.02. The zero-order valence-electron chi connectivity index (χ0n) is 12.8. The van der Waals surface area contributed by atoms with Crippen molar-refractivity contribution in [3.05, 3.63) is 34.3 Å². The molecule has 2 aliphatic heterocycles. The molecule has 0 saturated carbocycles. The highest BCUT2D eigenvalue weighted by Crippen LogP contribution is 2.37. The van der Waals surface area contributed by atoms with Crippen molar-refractivity contribution < 1.29 is 4.74 Å². The quantitative estimate of drug-likeness (QED) is 0.929. The first-order valence-corrected chi connectivity index (χ1v) is 8.42. The summed E-state index contributed by atoms with van der Waals surface area (Å²) in [7, 11) is 0. The third-order valence-electron chi connectivity index (χ3n) is 4.81. The van der Waals surface area contributed by atoms with Crippen LogP contribution in [-0.4, -0.2) is 44.3 Å². The molecule has 116 valence electrons. The van der Waals surface area contributed by atoms with Gasteiger partial charge in [0.15, 0.2) is 0 Å². The Bertz CT molecular complexity index is 450. The van der Waals surface area contributed by atoms with Crippen LogP contribution in [0.5, 0.6) is 0 Å². The van der Waals surface area contributed by atoms with Gasteiger partial charge in [-0.1, -0.05) is 17.7 Å². The largest absolute Gasteiger partial charge is 0.381 e. The van der Waals surface area contributed by atoms with Crippen LogP contribution in [0.15, 0.2) is 18.2 Å². The van der Waals surface area contributed by atoms with Crippen molar-refractivity contribution in [1.29, 1.82) is 0 Å². The van der Waals surface area contributed by atoms with Gasteiger partial charge in [0.05, 0.1) is 0 Å². The summed E-state index contributed by atoms with van der Waals surface area (Å²) in [6.07, 6.45) is 2.33. The van der Waals surface area contributed by atoms with E-state index in [0.29, 0.717) is 12.0 Å². The van der Waals surface area contributed by atoms with Gasteiger partial charge >= 0.3 is 0 Å². The predicted molar refractivity (Wildman–Crippen MR) is 86.9 cm³/mol. The fraction of sp³-hybridized carbons (Fsp3) is 0.647. The molecule has 2 saturated heterocycles. The van der Waals surface area contributed by atoms with Crippen molar-refractivity contribution in [2.45, 2.75) is 25.8 Å². The third-order valence-corrected chi connectivity index (χ3v) is 5.04. The number of nitrogens with zero attached hydrogens (tertiary/aromatic N) is 1. The molecule has 2 heterocycles. The molecule has 0 amide bonds. The summed E-state index contributed by atoms with van der Waals surface area (Å²) in [6, 6.07) is 6.89. The van der Waals surface area contributed by atoms with Gasteiger partial charge < -0.3 is 10.1 Å². The molecular formula is C17H25ClN2O. The highest BCUT2D eigenvalue weighted by Gasteiger charge is 2.32. The molecule has 4 heteroatoms. The average molecular weight is 309 g/mol. The second-order valence-corrected chi connectivity index (χ2v) is 6.62. The van der Waals surface area contributed by atoms with Crippen LogP contribution < -0.4 is 5.32 Å². The summed E-state index contributed by atoms with van der Waals surface area (Å²) in [5.41, 5.74) is 2.77. The summed E-state index contributed by atoms with van der Waals surface area (Å²) in [4.78, 5) is 2.66. The molecule has 1 atom stereocenters. The zero-order chi connectivity index (χ0) is 14.7. The summed E-state index contributed by atoms with van der Waals surface area (Å²) in [5, 5.41) is 4.30. The molecule has 0 radical (unpaired) electrons. The van der Waals surface area contributed by atoms with Gasteiger partial charge in [0.1, 0.15) is 0 Å². The molecule has 0 spiro atoms. The van der Waals surface area contributed by atoms with Gasteiger partial charge in [-0.2, -0.15) is 0 Å². The molecule has 2 fully saturated rings. The maximum atomic E-state index is 6.15. The Morgan fingerprint density at radius 3 is 2.62 bits per heavy atom. The summed E-state index contributed by atoms with van der Waals surface area (Å²) >= 11 is 6.15. The Labute approximate surface area is 132 Å². The maximum Gasteiger partial charge on any atom is 0.0469 e. The number of benzene rings is 1. The summed E-state index contributed by atoms with van der Waals surface area (Å²) in [6.45, 7) is 8.43. The average Bonchev–Trinajstić information content (AvgIpc) is 2.52. The van der Waals surface area contributed by atoms with Crippen molar-refractivity contribution in [2.24, 2.45) is 5.92 Å². The molecule has 21 heavy (non-hydrogen) atoms. The van der Waals surface area contributed by atoms with Crippen LogP contribution in [0.4, 0.5) is 0 Å². The highest BCUT2D eigenvalue weighted by atomic mass is 35.5. The van der Waals surface area contributed by atoms with E-state index in [1.54, 1.807) is 0 Å². The highest BCUT2D eigenvalue weighted by molar-refractivity contribution is 6.30. The SMILES string of the molecule is Cc1cc(Cl)ccc1[C@H](C1CCOCC1)N1CCNCC1. The molecule has 3 nitrogen and oxygen atoms in total. The molecule has 3 rings (SSSR count). The van der Waals surface area contributed by atoms with Crippen molar-refractivity contribution >= 4 is 11.6 Å². The Morgan fingerprint density at radius 2 is 1.95 bits per heavy atom. The van der Waals surface area contributed by atoms with Gasteiger partial charge in [-0.15, -0.1) is 0 Å². The van der Waals surface area contributed by atoms with Crippen LogP contribution in [0.2, 0.25) is 5.02 Å². The molecule has 0 bridgehead atoms. The van der Waals surface area contributed by atoms with Crippen LogP contribution in [0, 0.1) is 12.8 Å². The fourth-order valence-electron chi connectivity index (χ4n) is 3.71.